The van der Waals surface area contributed by atoms with Crippen molar-refractivity contribution < 1.29 is 4.79 Å². The minimum atomic E-state index is 0.0359. The zero-order chi connectivity index (χ0) is 18.3. The van der Waals surface area contributed by atoms with Gasteiger partial charge in [-0.25, -0.2) is 4.98 Å². The first-order chi connectivity index (χ1) is 12.6. The summed E-state index contributed by atoms with van der Waals surface area (Å²) in [6.07, 6.45) is 7.47. The lowest BCUT2D eigenvalue weighted by Crippen LogP contribution is -2.38. The fourth-order valence-electron chi connectivity index (χ4n) is 4.05. The van der Waals surface area contributed by atoms with Gasteiger partial charge in [0.15, 0.2) is 0 Å². The molecule has 0 saturated heterocycles. The number of amides is 1. The molecule has 0 bridgehead atoms. The lowest BCUT2D eigenvalue weighted by Gasteiger charge is -2.27. The van der Waals surface area contributed by atoms with E-state index in [9.17, 15) is 9.59 Å². The van der Waals surface area contributed by atoms with E-state index in [4.69, 9.17) is 4.98 Å². The average Bonchev–Trinajstić information content (AvgIpc) is 3.41. The number of hydrogen-bond acceptors (Lipinski definition) is 3. The third-order valence-electron chi connectivity index (χ3n) is 5.54. The van der Waals surface area contributed by atoms with Gasteiger partial charge in [0.1, 0.15) is 5.82 Å². The van der Waals surface area contributed by atoms with Gasteiger partial charge in [-0.2, -0.15) is 0 Å². The number of aryl methyl sites for hydroxylation is 1. The van der Waals surface area contributed by atoms with Crippen molar-refractivity contribution in [2.24, 2.45) is 0 Å². The number of aromatic nitrogens is 2. The van der Waals surface area contributed by atoms with Gasteiger partial charge >= 0.3 is 0 Å². The van der Waals surface area contributed by atoms with E-state index < -0.39 is 0 Å². The third-order valence-corrected chi connectivity index (χ3v) is 5.54. The topological polar surface area (TPSA) is 55.2 Å². The summed E-state index contributed by atoms with van der Waals surface area (Å²) in [7, 11) is 0. The molecule has 1 saturated carbocycles. The van der Waals surface area contributed by atoms with Crippen LogP contribution in [-0.2, 0) is 13.0 Å². The Hall–Kier alpha value is -2.17. The second kappa shape index (κ2) is 6.86. The summed E-state index contributed by atoms with van der Waals surface area (Å²) >= 11 is 0. The standard InChI is InChI=1S/C21H27N3O2/c1-14(2)24(16-9-10-16)20(25)15-8-11-17-18(13-15)22-19-7-5-3-4-6-12-23(19)21(17)26/h8,11,13-14,16H,3-7,9-10,12H2,1-2H3. The predicted molar refractivity (Wildman–Crippen MR) is 103 cm³/mol. The lowest BCUT2D eigenvalue weighted by atomic mass is 10.1. The quantitative estimate of drug-likeness (QED) is 0.848. The molecule has 0 spiro atoms. The van der Waals surface area contributed by atoms with Crippen molar-refractivity contribution in [3.8, 4) is 0 Å². The molecular weight excluding hydrogens is 326 g/mol. The van der Waals surface area contributed by atoms with Crippen molar-refractivity contribution >= 4 is 16.8 Å². The maximum absolute atomic E-state index is 13.0. The number of fused-ring (bicyclic) bond motifs is 2. The minimum Gasteiger partial charge on any atom is -0.333 e. The molecule has 138 valence electrons. The minimum absolute atomic E-state index is 0.0359. The van der Waals surface area contributed by atoms with Crippen LogP contribution in [0, 0.1) is 0 Å². The van der Waals surface area contributed by atoms with Gasteiger partial charge in [0.25, 0.3) is 11.5 Å². The van der Waals surface area contributed by atoms with Crippen LogP contribution in [0.15, 0.2) is 23.0 Å². The van der Waals surface area contributed by atoms with Crippen molar-refractivity contribution in [2.75, 3.05) is 0 Å². The van der Waals surface area contributed by atoms with Crippen LogP contribution in [0.2, 0.25) is 0 Å². The summed E-state index contributed by atoms with van der Waals surface area (Å²) in [6, 6.07) is 5.94. The van der Waals surface area contributed by atoms with Gasteiger partial charge in [-0.15, -0.1) is 0 Å². The van der Waals surface area contributed by atoms with Crippen LogP contribution in [0.3, 0.4) is 0 Å². The molecule has 2 heterocycles. The van der Waals surface area contributed by atoms with Crippen molar-refractivity contribution in [2.45, 2.75) is 77.4 Å². The predicted octanol–water partition coefficient (Wildman–Crippen LogP) is 3.53. The maximum atomic E-state index is 13.0. The molecule has 1 aliphatic carbocycles. The fourth-order valence-corrected chi connectivity index (χ4v) is 4.05. The number of carbonyl (C=O) groups is 1. The van der Waals surface area contributed by atoms with Crippen molar-refractivity contribution in [3.63, 3.8) is 0 Å². The molecule has 2 aromatic rings. The summed E-state index contributed by atoms with van der Waals surface area (Å²) in [5.41, 5.74) is 1.33. The maximum Gasteiger partial charge on any atom is 0.261 e. The van der Waals surface area contributed by atoms with Crippen LogP contribution in [0.1, 0.15) is 68.6 Å². The molecule has 1 aliphatic heterocycles. The summed E-state index contributed by atoms with van der Waals surface area (Å²) in [5, 5.41) is 0.619. The monoisotopic (exact) mass is 353 g/mol. The highest BCUT2D eigenvalue weighted by Crippen LogP contribution is 2.30. The number of rotatable bonds is 3. The Morgan fingerprint density at radius 3 is 2.69 bits per heavy atom. The smallest absolute Gasteiger partial charge is 0.261 e. The van der Waals surface area contributed by atoms with E-state index in [0.717, 1.165) is 44.5 Å². The van der Waals surface area contributed by atoms with Crippen LogP contribution < -0.4 is 5.56 Å². The first kappa shape index (κ1) is 17.3. The number of carbonyl (C=O) groups excluding carboxylic acids is 1. The van der Waals surface area contributed by atoms with Gasteiger partial charge in [0.2, 0.25) is 0 Å². The summed E-state index contributed by atoms with van der Waals surface area (Å²) < 4.78 is 1.84. The molecular formula is C21H27N3O2. The molecule has 1 amide bonds. The summed E-state index contributed by atoms with van der Waals surface area (Å²) in [5.74, 6) is 0.924. The Labute approximate surface area is 154 Å². The summed E-state index contributed by atoms with van der Waals surface area (Å²) in [6.45, 7) is 4.87. The Morgan fingerprint density at radius 2 is 1.96 bits per heavy atom. The zero-order valence-electron chi connectivity index (χ0n) is 15.7. The average molecular weight is 353 g/mol. The molecule has 2 aliphatic rings. The SMILES string of the molecule is CC(C)N(C(=O)c1ccc2c(=O)n3c(nc2c1)CCCCCC3)C1CC1. The second-order valence-electron chi connectivity index (χ2n) is 7.92. The van der Waals surface area contributed by atoms with Gasteiger partial charge in [-0.1, -0.05) is 12.8 Å². The molecule has 1 aromatic heterocycles. The van der Waals surface area contributed by atoms with Crippen molar-refractivity contribution in [1.29, 1.82) is 0 Å². The normalized spacial score (nSPS) is 17.7. The van der Waals surface area contributed by atoms with E-state index >= 15 is 0 Å². The lowest BCUT2D eigenvalue weighted by molar-refractivity contribution is 0.0690. The van der Waals surface area contributed by atoms with E-state index in [1.807, 2.05) is 15.5 Å². The number of hydrogen-bond donors (Lipinski definition) is 0. The fraction of sp³-hybridized carbons (Fsp3) is 0.571. The molecule has 5 heteroatoms. The molecule has 1 aromatic carbocycles. The molecule has 1 fully saturated rings. The molecule has 5 nitrogen and oxygen atoms in total. The zero-order valence-corrected chi connectivity index (χ0v) is 15.7. The second-order valence-corrected chi connectivity index (χ2v) is 7.92. The first-order valence-electron chi connectivity index (χ1n) is 9.92. The molecule has 0 atom stereocenters. The van der Waals surface area contributed by atoms with Crippen molar-refractivity contribution in [3.05, 3.63) is 39.9 Å². The highest BCUT2D eigenvalue weighted by Gasteiger charge is 2.34. The number of nitrogens with zero attached hydrogens (tertiary/aromatic N) is 3. The van der Waals surface area contributed by atoms with Gasteiger partial charge in [0.05, 0.1) is 10.9 Å². The van der Waals surface area contributed by atoms with Crippen LogP contribution in [0.4, 0.5) is 0 Å². The van der Waals surface area contributed by atoms with Crippen molar-refractivity contribution in [1.82, 2.24) is 14.5 Å². The van der Waals surface area contributed by atoms with Crippen LogP contribution in [0.25, 0.3) is 10.9 Å². The number of benzene rings is 1. The first-order valence-corrected chi connectivity index (χ1v) is 9.92. The van der Waals surface area contributed by atoms with E-state index in [0.29, 0.717) is 22.5 Å². The Bertz CT molecular complexity index is 894. The Kier molecular flexibility index (Phi) is 4.55. The summed E-state index contributed by atoms with van der Waals surface area (Å²) in [4.78, 5) is 32.7. The van der Waals surface area contributed by atoms with Crippen LogP contribution in [0.5, 0.6) is 0 Å². The van der Waals surface area contributed by atoms with E-state index in [1.165, 1.54) is 12.8 Å². The highest BCUT2D eigenvalue weighted by molar-refractivity contribution is 5.98. The largest absolute Gasteiger partial charge is 0.333 e. The van der Waals surface area contributed by atoms with Gasteiger partial charge in [-0.3, -0.25) is 14.2 Å². The Morgan fingerprint density at radius 1 is 1.19 bits per heavy atom. The van der Waals surface area contributed by atoms with Gasteiger partial charge < -0.3 is 4.90 Å². The molecule has 0 N–H and O–H groups in total. The Balaban J connectivity index is 1.76. The highest BCUT2D eigenvalue weighted by atomic mass is 16.2. The van der Waals surface area contributed by atoms with E-state index in [2.05, 4.69) is 13.8 Å². The molecule has 26 heavy (non-hydrogen) atoms. The van der Waals surface area contributed by atoms with E-state index in [-0.39, 0.29) is 17.5 Å². The third kappa shape index (κ3) is 3.15. The van der Waals surface area contributed by atoms with Crippen LogP contribution in [-0.4, -0.2) is 32.4 Å². The van der Waals surface area contributed by atoms with Gasteiger partial charge in [-0.05, 0) is 57.7 Å². The molecule has 0 radical (unpaired) electrons. The van der Waals surface area contributed by atoms with E-state index in [1.54, 1.807) is 12.1 Å². The van der Waals surface area contributed by atoms with Crippen LogP contribution >= 0.6 is 0 Å². The molecule has 4 rings (SSSR count). The molecule has 0 unspecified atom stereocenters. The van der Waals surface area contributed by atoms with Gasteiger partial charge in [0, 0.05) is 30.6 Å².